The molecule has 0 amide bonds. The fraction of sp³-hybridized carbons (Fsp3) is 0.167. The van der Waals surface area contributed by atoms with Crippen LogP contribution in [0, 0.1) is 0 Å². The van der Waals surface area contributed by atoms with E-state index in [1.165, 1.54) is 6.26 Å². The number of methoxy groups -OCH3 is 1. The lowest BCUT2D eigenvalue weighted by molar-refractivity contribution is 0.399. The van der Waals surface area contributed by atoms with E-state index >= 15 is 0 Å². The van der Waals surface area contributed by atoms with E-state index in [0.29, 0.717) is 39.2 Å². The monoisotopic (exact) mass is 418 g/mol. The van der Waals surface area contributed by atoms with Gasteiger partial charge in [0.1, 0.15) is 23.3 Å². The van der Waals surface area contributed by atoms with Crippen LogP contribution in [0.2, 0.25) is 0 Å². The summed E-state index contributed by atoms with van der Waals surface area (Å²) >= 11 is 0. The van der Waals surface area contributed by atoms with Crippen LogP contribution in [0.4, 0.5) is 11.4 Å². The fourth-order valence-electron chi connectivity index (χ4n) is 2.42. The SMILES string of the molecule is COc1ccc(-c2coc3cc(N)ccc3c2=O)cc1N=NN(C)C.O=S(=O)=O. The first-order chi connectivity index (χ1) is 13.7. The number of hydrogen-bond acceptors (Lipinski definition) is 9. The molecule has 0 fully saturated rings. The number of fused-ring (bicyclic) bond motifs is 1. The smallest absolute Gasteiger partial charge is 0.425 e. The van der Waals surface area contributed by atoms with Gasteiger partial charge >= 0.3 is 10.6 Å². The maximum absolute atomic E-state index is 12.8. The van der Waals surface area contributed by atoms with Gasteiger partial charge in [0.15, 0.2) is 5.43 Å². The third kappa shape index (κ3) is 5.62. The van der Waals surface area contributed by atoms with Gasteiger partial charge in [0, 0.05) is 25.8 Å². The number of nitrogen functional groups attached to an aromatic ring is 1. The van der Waals surface area contributed by atoms with Gasteiger partial charge in [0.2, 0.25) is 0 Å². The van der Waals surface area contributed by atoms with Crippen LogP contribution in [0.1, 0.15) is 0 Å². The molecule has 3 aromatic rings. The summed E-state index contributed by atoms with van der Waals surface area (Å²) in [5, 5.41) is 10.2. The Hall–Kier alpha value is -3.73. The zero-order valence-electron chi connectivity index (χ0n) is 15.8. The maximum atomic E-state index is 12.8. The van der Waals surface area contributed by atoms with Crippen LogP contribution in [0.3, 0.4) is 0 Å². The van der Waals surface area contributed by atoms with Crippen LogP contribution in [0.5, 0.6) is 5.75 Å². The van der Waals surface area contributed by atoms with Gasteiger partial charge in [-0.1, -0.05) is 11.3 Å². The predicted octanol–water partition coefficient (Wildman–Crippen LogP) is 2.61. The summed E-state index contributed by atoms with van der Waals surface area (Å²) in [6.07, 6.45) is 1.43. The van der Waals surface area contributed by atoms with Crippen LogP contribution in [-0.4, -0.2) is 38.8 Å². The standard InChI is InChI=1S/C18H18N4O3.O3S/c1-22(2)21-20-15-8-11(4-7-16(15)24-3)14-10-25-17-9-12(19)5-6-13(17)18(14)23;1-4(2)3/h4-10H,19H2,1-3H3;. The number of benzene rings is 2. The summed E-state index contributed by atoms with van der Waals surface area (Å²) < 4.78 is 36.2. The summed E-state index contributed by atoms with van der Waals surface area (Å²) in [5.74, 6) is 0.562. The van der Waals surface area contributed by atoms with Gasteiger partial charge in [-0.2, -0.15) is 0 Å². The highest BCUT2D eigenvalue weighted by Gasteiger charge is 2.12. The van der Waals surface area contributed by atoms with E-state index in [4.69, 9.17) is 27.5 Å². The van der Waals surface area contributed by atoms with Crippen molar-refractivity contribution in [3.8, 4) is 16.9 Å². The minimum absolute atomic E-state index is 0.137. The molecule has 0 unspecified atom stereocenters. The fourth-order valence-corrected chi connectivity index (χ4v) is 2.42. The quantitative estimate of drug-likeness (QED) is 0.387. The van der Waals surface area contributed by atoms with Crippen molar-refractivity contribution >= 4 is 33.0 Å². The molecular weight excluding hydrogens is 400 g/mol. The van der Waals surface area contributed by atoms with Gasteiger partial charge < -0.3 is 14.9 Å². The van der Waals surface area contributed by atoms with Gasteiger partial charge in [-0.3, -0.25) is 9.80 Å². The number of ether oxygens (including phenoxy) is 1. The van der Waals surface area contributed by atoms with Crippen LogP contribution >= 0.6 is 0 Å². The molecule has 0 atom stereocenters. The van der Waals surface area contributed by atoms with Crippen LogP contribution < -0.4 is 15.9 Å². The lowest BCUT2D eigenvalue weighted by Gasteiger charge is -2.08. The first-order valence-electron chi connectivity index (χ1n) is 8.08. The Bertz CT molecular complexity index is 1210. The Kier molecular flexibility index (Phi) is 7.04. The maximum Gasteiger partial charge on any atom is 0.425 e. The molecule has 2 aromatic carbocycles. The molecule has 0 bridgehead atoms. The molecule has 1 heterocycles. The summed E-state index contributed by atoms with van der Waals surface area (Å²) in [4.78, 5) is 12.8. The molecule has 152 valence electrons. The minimum Gasteiger partial charge on any atom is -0.494 e. The topological polar surface area (TPSA) is 145 Å². The minimum atomic E-state index is -3.11. The van der Waals surface area contributed by atoms with Crippen molar-refractivity contribution in [3.05, 3.63) is 52.9 Å². The summed E-state index contributed by atoms with van der Waals surface area (Å²) in [6.45, 7) is 0. The average molecular weight is 418 g/mol. The number of rotatable bonds is 4. The van der Waals surface area contributed by atoms with Crippen LogP contribution in [0.25, 0.3) is 22.1 Å². The Morgan fingerprint density at radius 3 is 2.41 bits per heavy atom. The molecule has 10 nitrogen and oxygen atoms in total. The Balaban J connectivity index is 0.000000687. The normalized spacial score (nSPS) is 10.4. The number of nitrogens with zero attached hydrogens (tertiary/aromatic N) is 3. The molecule has 3 rings (SSSR count). The Labute approximate surface area is 167 Å². The third-order valence-electron chi connectivity index (χ3n) is 3.62. The molecule has 0 saturated heterocycles. The molecule has 1 aromatic heterocycles. The van der Waals surface area contributed by atoms with Crippen molar-refractivity contribution in [1.82, 2.24) is 5.01 Å². The lowest BCUT2D eigenvalue weighted by Crippen LogP contribution is -2.05. The van der Waals surface area contributed by atoms with E-state index in [-0.39, 0.29) is 5.43 Å². The van der Waals surface area contributed by atoms with Crippen molar-refractivity contribution in [2.45, 2.75) is 0 Å². The van der Waals surface area contributed by atoms with Crippen molar-refractivity contribution < 1.29 is 21.8 Å². The van der Waals surface area contributed by atoms with Gasteiger partial charge in [0.25, 0.3) is 0 Å². The molecular formula is C18H18N4O6S. The summed E-state index contributed by atoms with van der Waals surface area (Å²) in [5.41, 5.74) is 8.21. The molecule has 0 aliphatic rings. The molecule has 2 N–H and O–H groups in total. The number of anilines is 1. The second-order valence-corrected chi connectivity index (χ2v) is 6.27. The van der Waals surface area contributed by atoms with E-state index in [1.54, 1.807) is 62.6 Å². The molecule has 11 heteroatoms. The molecule has 29 heavy (non-hydrogen) atoms. The van der Waals surface area contributed by atoms with Crippen molar-refractivity contribution in [2.75, 3.05) is 26.9 Å². The van der Waals surface area contributed by atoms with E-state index < -0.39 is 10.6 Å². The highest BCUT2D eigenvalue weighted by Crippen LogP contribution is 2.32. The predicted molar refractivity (Wildman–Crippen MR) is 107 cm³/mol. The Morgan fingerprint density at radius 1 is 1.10 bits per heavy atom. The molecule has 0 spiro atoms. The largest absolute Gasteiger partial charge is 0.494 e. The van der Waals surface area contributed by atoms with E-state index in [9.17, 15) is 4.79 Å². The van der Waals surface area contributed by atoms with Gasteiger partial charge in [-0.15, -0.1) is 17.7 Å². The Morgan fingerprint density at radius 2 is 1.79 bits per heavy atom. The second-order valence-electron chi connectivity index (χ2n) is 5.86. The average Bonchev–Trinajstić information content (AvgIpc) is 2.66. The van der Waals surface area contributed by atoms with Gasteiger partial charge in [-0.05, 0) is 29.8 Å². The summed E-state index contributed by atoms with van der Waals surface area (Å²) in [6, 6.07) is 10.2. The van der Waals surface area contributed by atoms with Crippen molar-refractivity contribution in [3.63, 3.8) is 0 Å². The molecule has 0 aliphatic carbocycles. The zero-order valence-corrected chi connectivity index (χ0v) is 16.6. The first-order valence-corrected chi connectivity index (χ1v) is 9.08. The van der Waals surface area contributed by atoms with Gasteiger partial charge in [-0.25, -0.2) is 0 Å². The second kappa shape index (κ2) is 9.46. The lowest BCUT2D eigenvalue weighted by atomic mass is 10.0. The first kappa shape index (κ1) is 21.6. The van der Waals surface area contributed by atoms with E-state index in [2.05, 4.69) is 10.3 Å². The van der Waals surface area contributed by atoms with Crippen molar-refractivity contribution in [1.29, 1.82) is 0 Å². The van der Waals surface area contributed by atoms with Crippen LogP contribution in [0.15, 0.2) is 62.2 Å². The third-order valence-corrected chi connectivity index (χ3v) is 3.62. The molecule has 0 aliphatic heterocycles. The van der Waals surface area contributed by atoms with Crippen LogP contribution in [-0.2, 0) is 10.6 Å². The summed E-state index contributed by atoms with van der Waals surface area (Å²) in [7, 11) is 1.98. The van der Waals surface area contributed by atoms with E-state index in [0.717, 1.165) is 0 Å². The highest BCUT2D eigenvalue weighted by molar-refractivity contribution is 7.59. The zero-order chi connectivity index (χ0) is 21.6. The number of hydrogen-bond donors (Lipinski definition) is 1. The van der Waals surface area contributed by atoms with Gasteiger partial charge in [0.05, 0.1) is 18.1 Å². The molecule has 0 saturated carbocycles. The number of nitrogens with two attached hydrogens (primary N) is 1. The van der Waals surface area contributed by atoms with Crippen molar-refractivity contribution in [2.24, 2.45) is 10.3 Å². The highest BCUT2D eigenvalue weighted by atomic mass is 32.2. The van der Waals surface area contributed by atoms with E-state index in [1.807, 2.05) is 0 Å². The molecule has 0 radical (unpaired) electrons.